The second-order valence-electron chi connectivity index (χ2n) is 5.82. The van der Waals surface area contributed by atoms with Gasteiger partial charge in [0.25, 0.3) is 0 Å². The quantitative estimate of drug-likeness (QED) is 0.875. The first-order chi connectivity index (χ1) is 10.6. The first-order valence-corrected chi connectivity index (χ1v) is 9.29. The van der Waals surface area contributed by atoms with Gasteiger partial charge in [0.1, 0.15) is 0 Å². The van der Waals surface area contributed by atoms with Gasteiger partial charge in [0.05, 0.1) is 17.4 Å². The first kappa shape index (κ1) is 15.3. The largest absolute Gasteiger partial charge is 0.326 e. The lowest BCUT2D eigenvalue weighted by molar-refractivity contribution is -0.120. The topological polar surface area (TPSA) is 78.5 Å². The monoisotopic (exact) mass is 323 g/mol. The molecule has 22 heavy (non-hydrogen) atoms. The van der Waals surface area contributed by atoms with E-state index in [1.165, 1.54) is 4.31 Å². The molecular formula is C15H21N3O3S. The van der Waals surface area contributed by atoms with E-state index in [-0.39, 0.29) is 17.6 Å². The van der Waals surface area contributed by atoms with E-state index in [1.54, 1.807) is 24.3 Å². The standard InChI is InChI=1S/C15H21N3O3S/c19-15(12-3-1-8-16-11-12)17-13-4-6-14(7-5-13)18-9-2-10-22(18,20)21/h4-7,12,16H,1-3,8-11H2,(H,17,19). The van der Waals surface area contributed by atoms with Crippen LogP contribution in [0.25, 0.3) is 0 Å². The number of hydrogen-bond acceptors (Lipinski definition) is 4. The van der Waals surface area contributed by atoms with Crippen molar-refractivity contribution in [3.05, 3.63) is 24.3 Å². The van der Waals surface area contributed by atoms with Gasteiger partial charge >= 0.3 is 0 Å². The molecule has 0 spiro atoms. The van der Waals surface area contributed by atoms with E-state index < -0.39 is 10.0 Å². The average Bonchev–Trinajstić information content (AvgIpc) is 2.88. The predicted octanol–water partition coefficient (Wildman–Crippen LogP) is 1.16. The van der Waals surface area contributed by atoms with Crippen LogP contribution in [0.1, 0.15) is 19.3 Å². The van der Waals surface area contributed by atoms with Crippen LogP contribution >= 0.6 is 0 Å². The molecule has 1 aromatic rings. The molecular weight excluding hydrogens is 302 g/mol. The number of hydrogen-bond donors (Lipinski definition) is 2. The maximum Gasteiger partial charge on any atom is 0.235 e. The summed E-state index contributed by atoms with van der Waals surface area (Å²) >= 11 is 0. The van der Waals surface area contributed by atoms with Crippen molar-refractivity contribution < 1.29 is 13.2 Å². The fourth-order valence-corrected chi connectivity index (χ4v) is 4.52. The van der Waals surface area contributed by atoms with Crippen LogP contribution in [0.3, 0.4) is 0 Å². The maximum absolute atomic E-state index is 12.2. The molecule has 2 aliphatic heterocycles. The zero-order valence-electron chi connectivity index (χ0n) is 12.4. The van der Waals surface area contributed by atoms with Gasteiger partial charge in [-0.05, 0) is 50.1 Å². The molecule has 7 heteroatoms. The van der Waals surface area contributed by atoms with Crippen LogP contribution in [0.15, 0.2) is 24.3 Å². The second-order valence-corrected chi connectivity index (χ2v) is 7.83. The number of piperidine rings is 1. The molecule has 0 saturated carbocycles. The minimum Gasteiger partial charge on any atom is -0.326 e. The third-order valence-corrected chi connectivity index (χ3v) is 6.06. The molecule has 1 amide bonds. The van der Waals surface area contributed by atoms with E-state index in [0.717, 1.165) is 25.9 Å². The van der Waals surface area contributed by atoms with E-state index in [1.807, 2.05) is 0 Å². The van der Waals surface area contributed by atoms with E-state index >= 15 is 0 Å². The minimum atomic E-state index is -3.16. The molecule has 120 valence electrons. The van der Waals surface area contributed by atoms with Crippen LogP contribution in [-0.4, -0.2) is 39.7 Å². The number of anilines is 2. The summed E-state index contributed by atoms with van der Waals surface area (Å²) in [6.45, 7) is 2.22. The number of benzene rings is 1. The Balaban J connectivity index is 1.65. The Morgan fingerprint density at radius 1 is 1.23 bits per heavy atom. The molecule has 1 atom stereocenters. The SMILES string of the molecule is O=C(Nc1ccc(N2CCCS2(=O)=O)cc1)C1CCCNC1. The van der Waals surface area contributed by atoms with Gasteiger partial charge < -0.3 is 10.6 Å². The average molecular weight is 323 g/mol. The summed E-state index contributed by atoms with van der Waals surface area (Å²) < 4.78 is 25.2. The zero-order chi connectivity index (χ0) is 15.6. The van der Waals surface area contributed by atoms with Crippen LogP contribution in [0.5, 0.6) is 0 Å². The van der Waals surface area contributed by atoms with Crippen molar-refractivity contribution in [3.63, 3.8) is 0 Å². The molecule has 0 aliphatic carbocycles. The highest BCUT2D eigenvalue weighted by Crippen LogP contribution is 2.25. The molecule has 1 unspecified atom stereocenters. The van der Waals surface area contributed by atoms with Gasteiger partial charge in [0.15, 0.2) is 0 Å². The van der Waals surface area contributed by atoms with Crippen molar-refractivity contribution in [1.82, 2.24) is 5.32 Å². The number of carbonyl (C=O) groups is 1. The lowest BCUT2D eigenvalue weighted by Gasteiger charge is -2.22. The number of nitrogens with one attached hydrogen (secondary N) is 2. The molecule has 2 fully saturated rings. The Labute approximate surface area is 130 Å². The number of sulfonamides is 1. The lowest BCUT2D eigenvalue weighted by Crippen LogP contribution is -2.37. The lowest BCUT2D eigenvalue weighted by atomic mass is 9.99. The maximum atomic E-state index is 12.2. The summed E-state index contributed by atoms with van der Waals surface area (Å²) in [6, 6.07) is 7.02. The van der Waals surface area contributed by atoms with Gasteiger partial charge in [-0.25, -0.2) is 8.42 Å². The summed E-state index contributed by atoms with van der Waals surface area (Å²) in [6.07, 6.45) is 2.59. The molecule has 2 saturated heterocycles. The highest BCUT2D eigenvalue weighted by molar-refractivity contribution is 7.93. The highest BCUT2D eigenvalue weighted by Gasteiger charge is 2.28. The van der Waals surface area contributed by atoms with Crippen molar-refractivity contribution >= 4 is 27.3 Å². The Kier molecular flexibility index (Phi) is 4.35. The normalized spacial score (nSPS) is 24.2. The smallest absolute Gasteiger partial charge is 0.235 e. The van der Waals surface area contributed by atoms with Crippen molar-refractivity contribution in [3.8, 4) is 0 Å². The number of nitrogens with zero attached hydrogens (tertiary/aromatic N) is 1. The van der Waals surface area contributed by atoms with Gasteiger partial charge in [-0.1, -0.05) is 0 Å². The molecule has 2 heterocycles. The van der Waals surface area contributed by atoms with Gasteiger partial charge in [-0.15, -0.1) is 0 Å². The van der Waals surface area contributed by atoms with E-state index in [9.17, 15) is 13.2 Å². The fourth-order valence-electron chi connectivity index (χ4n) is 2.96. The molecule has 1 aromatic carbocycles. The predicted molar refractivity (Wildman–Crippen MR) is 86.4 cm³/mol. The van der Waals surface area contributed by atoms with E-state index in [0.29, 0.717) is 24.3 Å². The third-order valence-electron chi connectivity index (χ3n) is 4.19. The van der Waals surface area contributed by atoms with Crippen molar-refractivity contribution in [2.75, 3.05) is 35.0 Å². The molecule has 3 rings (SSSR count). The number of amides is 1. The molecule has 6 nitrogen and oxygen atoms in total. The zero-order valence-corrected chi connectivity index (χ0v) is 13.2. The third kappa shape index (κ3) is 3.25. The minimum absolute atomic E-state index is 0.00684. The fraction of sp³-hybridized carbons (Fsp3) is 0.533. The van der Waals surface area contributed by atoms with Crippen molar-refractivity contribution in [1.29, 1.82) is 0 Å². The Bertz CT molecular complexity index is 637. The molecule has 0 radical (unpaired) electrons. The summed E-state index contributed by atoms with van der Waals surface area (Å²) in [5.41, 5.74) is 1.37. The number of rotatable bonds is 3. The Morgan fingerprint density at radius 3 is 2.59 bits per heavy atom. The molecule has 2 N–H and O–H groups in total. The Morgan fingerprint density at radius 2 is 2.00 bits per heavy atom. The molecule has 0 aromatic heterocycles. The summed E-state index contributed by atoms with van der Waals surface area (Å²) in [7, 11) is -3.16. The van der Waals surface area contributed by atoms with Gasteiger partial charge in [-0.3, -0.25) is 9.10 Å². The van der Waals surface area contributed by atoms with Crippen LogP contribution in [0.2, 0.25) is 0 Å². The number of carbonyl (C=O) groups excluding carboxylic acids is 1. The van der Waals surface area contributed by atoms with Gasteiger partial charge in [-0.2, -0.15) is 0 Å². The second kappa shape index (κ2) is 6.26. The molecule has 2 aliphatic rings. The van der Waals surface area contributed by atoms with Crippen molar-refractivity contribution in [2.45, 2.75) is 19.3 Å². The van der Waals surface area contributed by atoms with Crippen LogP contribution in [0.4, 0.5) is 11.4 Å². The Hall–Kier alpha value is -1.60. The summed E-state index contributed by atoms with van der Waals surface area (Å²) in [4.78, 5) is 12.2. The van der Waals surface area contributed by atoms with E-state index in [2.05, 4.69) is 10.6 Å². The first-order valence-electron chi connectivity index (χ1n) is 7.68. The highest BCUT2D eigenvalue weighted by atomic mass is 32.2. The van der Waals surface area contributed by atoms with Gasteiger partial charge in [0.2, 0.25) is 15.9 Å². The summed E-state index contributed by atoms with van der Waals surface area (Å²) in [5.74, 6) is 0.237. The van der Waals surface area contributed by atoms with Crippen LogP contribution < -0.4 is 14.9 Å². The molecule has 0 bridgehead atoms. The van der Waals surface area contributed by atoms with Crippen LogP contribution in [0, 0.1) is 5.92 Å². The van der Waals surface area contributed by atoms with Crippen molar-refractivity contribution in [2.24, 2.45) is 5.92 Å². The van der Waals surface area contributed by atoms with Gasteiger partial charge in [0, 0.05) is 18.8 Å². The van der Waals surface area contributed by atoms with E-state index in [4.69, 9.17) is 0 Å². The summed E-state index contributed by atoms with van der Waals surface area (Å²) in [5, 5.41) is 6.13. The van der Waals surface area contributed by atoms with Crippen LogP contribution in [-0.2, 0) is 14.8 Å².